The summed E-state index contributed by atoms with van der Waals surface area (Å²) in [6, 6.07) is 10.3. The highest BCUT2D eigenvalue weighted by Gasteiger charge is 2.26. The third-order valence-corrected chi connectivity index (χ3v) is 4.85. The second-order valence-electron chi connectivity index (χ2n) is 6.54. The molecule has 130 valence electrons. The molecular weight excluding hydrogens is 312 g/mol. The zero-order valence-electron chi connectivity index (χ0n) is 14.5. The van der Waals surface area contributed by atoms with Crippen LogP contribution in [0.2, 0.25) is 0 Å². The predicted molar refractivity (Wildman–Crippen MR) is 99.7 cm³/mol. The van der Waals surface area contributed by atoms with Crippen molar-refractivity contribution in [3.05, 3.63) is 54.2 Å². The molecule has 0 aliphatic carbocycles. The van der Waals surface area contributed by atoms with Crippen molar-refractivity contribution in [2.24, 2.45) is 0 Å². The summed E-state index contributed by atoms with van der Waals surface area (Å²) in [5.41, 5.74) is 3.54. The predicted octanol–water partition coefficient (Wildman–Crippen LogP) is 2.52. The number of rotatable bonds is 4. The van der Waals surface area contributed by atoms with Crippen molar-refractivity contribution in [3.8, 4) is 11.4 Å². The number of hydrogen-bond acceptors (Lipinski definition) is 5. The first-order valence-electron chi connectivity index (χ1n) is 8.96. The van der Waals surface area contributed by atoms with Crippen LogP contribution in [-0.2, 0) is 17.7 Å². The summed E-state index contributed by atoms with van der Waals surface area (Å²) in [5.74, 6) is 1.92. The first-order chi connectivity index (χ1) is 12.3. The molecule has 2 aliphatic rings. The van der Waals surface area contributed by atoms with Gasteiger partial charge in [0.15, 0.2) is 5.82 Å². The average Bonchev–Trinajstić information content (AvgIpc) is 2.69. The number of hydrogen-bond donors (Lipinski definition) is 0. The van der Waals surface area contributed by atoms with Gasteiger partial charge in [-0.25, -0.2) is 9.97 Å². The number of fused-ring (bicyclic) bond motifs is 1. The van der Waals surface area contributed by atoms with Crippen LogP contribution >= 0.6 is 0 Å². The second kappa shape index (κ2) is 7.33. The molecule has 1 aromatic heterocycles. The zero-order valence-corrected chi connectivity index (χ0v) is 14.5. The van der Waals surface area contributed by atoms with Crippen molar-refractivity contribution < 1.29 is 4.74 Å². The molecule has 2 aliphatic heterocycles. The number of morpholine rings is 1. The molecule has 1 aromatic carbocycles. The maximum Gasteiger partial charge on any atom is 0.161 e. The van der Waals surface area contributed by atoms with E-state index in [9.17, 15) is 0 Å². The van der Waals surface area contributed by atoms with E-state index in [0.717, 1.165) is 69.6 Å². The van der Waals surface area contributed by atoms with Gasteiger partial charge in [0.05, 0.1) is 18.9 Å². The van der Waals surface area contributed by atoms with Crippen molar-refractivity contribution in [2.45, 2.75) is 13.0 Å². The van der Waals surface area contributed by atoms with Gasteiger partial charge in [-0.2, -0.15) is 0 Å². The van der Waals surface area contributed by atoms with E-state index in [1.807, 2.05) is 24.3 Å². The molecule has 5 heteroatoms. The van der Waals surface area contributed by atoms with Crippen molar-refractivity contribution in [2.75, 3.05) is 44.3 Å². The van der Waals surface area contributed by atoms with Crippen LogP contribution in [0.1, 0.15) is 11.3 Å². The summed E-state index contributed by atoms with van der Waals surface area (Å²) >= 11 is 0. The Morgan fingerprint density at radius 3 is 2.64 bits per heavy atom. The highest BCUT2D eigenvalue weighted by molar-refractivity contribution is 5.61. The van der Waals surface area contributed by atoms with Crippen LogP contribution in [-0.4, -0.2) is 54.3 Å². The standard InChI is InChI=1S/C20H24N4O/c1-2-9-23-10-8-18-17(15-23)20(24-11-13-25-14-12-24)22-19(21-18)16-6-4-3-5-7-16/h2-7H,1,8-15H2. The lowest BCUT2D eigenvalue weighted by molar-refractivity contribution is 0.122. The van der Waals surface area contributed by atoms with Crippen LogP contribution in [0.3, 0.4) is 0 Å². The van der Waals surface area contributed by atoms with Crippen molar-refractivity contribution in [1.82, 2.24) is 14.9 Å². The van der Waals surface area contributed by atoms with E-state index in [2.05, 4.69) is 28.5 Å². The number of aromatic nitrogens is 2. The number of benzene rings is 1. The SMILES string of the molecule is C=CCN1CCc2nc(-c3ccccc3)nc(N3CCOCC3)c2C1. The van der Waals surface area contributed by atoms with Gasteiger partial charge in [-0.3, -0.25) is 4.90 Å². The van der Waals surface area contributed by atoms with Gasteiger partial charge in [0, 0.05) is 50.3 Å². The molecule has 0 radical (unpaired) electrons. The topological polar surface area (TPSA) is 41.5 Å². The zero-order chi connectivity index (χ0) is 17.1. The minimum absolute atomic E-state index is 0.760. The van der Waals surface area contributed by atoms with Gasteiger partial charge in [0.25, 0.3) is 0 Å². The Morgan fingerprint density at radius 2 is 1.88 bits per heavy atom. The Kier molecular flexibility index (Phi) is 4.76. The van der Waals surface area contributed by atoms with Gasteiger partial charge in [0.2, 0.25) is 0 Å². The minimum Gasteiger partial charge on any atom is -0.378 e. The molecule has 0 amide bonds. The Morgan fingerprint density at radius 1 is 1.08 bits per heavy atom. The van der Waals surface area contributed by atoms with Crippen LogP contribution in [0.4, 0.5) is 5.82 Å². The third-order valence-electron chi connectivity index (χ3n) is 4.85. The quantitative estimate of drug-likeness (QED) is 0.803. The molecule has 5 nitrogen and oxygen atoms in total. The number of anilines is 1. The molecule has 0 spiro atoms. The number of nitrogens with zero attached hydrogens (tertiary/aromatic N) is 4. The monoisotopic (exact) mass is 336 g/mol. The molecule has 25 heavy (non-hydrogen) atoms. The van der Waals surface area contributed by atoms with E-state index in [0.29, 0.717) is 0 Å². The maximum absolute atomic E-state index is 5.53. The molecule has 0 saturated carbocycles. The highest BCUT2D eigenvalue weighted by atomic mass is 16.5. The van der Waals surface area contributed by atoms with Crippen molar-refractivity contribution in [1.29, 1.82) is 0 Å². The summed E-state index contributed by atoms with van der Waals surface area (Å²) in [7, 11) is 0. The van der Waals surface area contributed by atoms with Crippen LogP contribution in [0.5, 0.6) is 0 Å². The van der Waals surface area contributed by atoms with Gasteiger partial charge >= 0.3 is 0 Å². The minimum atomic E-state index is 0.760. The van der Waals surface area contributed by atoms with Crippen molar-refractivity contribution >= 4 is 5.82 Å². The lowest BCUT2D eigenvalue weighted by atomic mass is 10.0. The lowest BCUT2D eigenvalue weighted by Crippen LogP contribution is -2.39. The Bertz CT molecular complexity index is 741. The molecular formula is C20H24N4O. The summed E-state index contributed by atoms with van der Waals surface area (Å²) in [6.45, 7) is 9.99. The van der Waals surface area contributed by atoms with Gasteiger partial charge in [0.1, 0.15) is 5.82 Å². The normalized spacial score (nSPS) is 18.0. The average molecular weight is 336 g/mol. The van der Waals surface area contributed by atoms with Crippen LogP contribution in [0.25, 0.3) is 11.4 Å². The van der Waals surface area contributed by atoms with Crippen LogP contribution in [0, 0.1) is 0 Å². The third kappa shape index (κ3) is 3.43. The largest absolute Gasteiger partial charge is 0.378 e. The van der Waals surface area contributed by atoms with Gasteiger partial charge in [-0.1, -0.05) is 36.4 Å². The van der Waals surface area contributed by atoms with Gasteiger partial charge in [-0.15, -0.1) is 6.58 Å². The first kappa shape index (κ1) is 16.2. The van der Waals surface area contributed by atoms with E-state index < -0.39 is 0 Å². The molecule has 1 fully saturated rings. The molecule has 0 bridgehead atoms. The van der Waals surface area contributed by atoms with E-state index in [1.165, 1.54) is 11.3 Å². The molecule has 0 atom stereocenters. The fourth-order valence-corrected chi connectivity index (χ4v) is 3.54. The van der Waals surface area contributed by atoms with E-state index in [1.54, 1.807) is 0 Å². The van der Waals surface area contributed by atoms with E-state index >= 15 is 0 Å². The van der Waals surface area contributed by atoms with Crippen molar-refractivity contribution in [3.63, 3.8) is 0 Å². The Balaban J connectivity index is 1.76. The second-order valence-corrected chi connectivity index (χ2v) is 6.54. The van der Waals surface area contributed by atoms with Crippen LogP contribution in [0.15, 0.2) is 43.0 Å². The fourth-order valence-electron chi connectivity index (χ4n) is 3.54. The fraction of sp³-hybridized carbons (Fsp3) is 0.400. The van der Waals surface area contributed by atoms with Gasteiger partial charge in [-0.05, 0) is 0 Å². The number of ether oxygens (including phenoxy) is 1. The molecule has 1 saturated heterocycles. The Labute approximate surface area is 149 Å². The Hall–Kier alpha value is -2.24. The smallest absolute Gasteiger partial charge is 0.161 e. The summed E-state index contributed by atoms with van der Waals surface area (Å²) < 4.78 is 5.53. The molecule has 0 N–H and O–H groups in total. The molecule has 2 aromatic rings. The van der Waals surface area contributed by atoms with E-state index in [-0.39, 0.29) is 0 Å². The highest BCUT2D eigenvalue weighted by Crippen LogP contribution is 2.30. The first-order valence-corrected chi connectivity index (χ1v) is 8.96. The molecule has 4 rings (SSSR count). The maximum atomic E-state index is 5.53. The summed E-state index contributed by atoms with van der Waals surface area (Å²) in [4.78, 5) is 14.7. The van der Waals surface area contributed by atoms with Crippen LogP contribution < -0.4 is 4.90 Å². The summed E-state index contributed by atoms with van der Waals surface area (Å²) in [6.07, 6.45) is 2.93. The lowest BCUT2D eigenvalue weighted by Gasteiger charge is -2.34. The van der Waals surface area contributed by atoms with Gasteiger partial charge < -0.3 is 9.64 Å². The summed E-state index contributed by atoms with van der Waals surface area (Å²) in [5, 5.41) is 0. The molecule has 3 heterocycles. The van der Waals surface area contributed by atoms with E-state index in [4.69, 9.17) is 14.7 Å². The molecule has 0 unspecified atom stereocenters.